The largest absolute Gasteiger partial charge is 0.300 e. The SMILES string of the molecule is CC(=O)Cc1ccc2c(c1)CC(C)S2(=O)=O. The third-order valence-electron chi connectivity index (χ3n) is 2.92. The molecule has 0 aliphatic carbocycles. The molecule has 1 heterocycles. The van der Waals surface area contributed by atoms with E-state index in [4.69, 9.17) is 0 Å². The zero-order valence-electron chi connectivity index (χ0n) is 9.36. The van der Waals surface area contributed by atoms with Crippen LogP contribution in [0.25, 0.3) is 0 Å². The summed E-state index contributed by atoms with van der Waals surface area (Å²) in [6.45, 7) is 3.26. The number of hydrogen-bond donors (Lipinski definition) is 0. The molecule has 16 heavy (non-hydrogen) atoms. The molecule has 1 aromatic rings. The number of fused-ring (bicyclic) bond motifs is 1. The van der Waals surface area contributed by atoms with Gasteiger partial charge in [0.05, 0.1) is 10.1 Å². The number of benzene rings is 1. The Labute approximate surface area is 95.4 Å². The predicted molar refractivity (Wildman–Crippen MR) is 61.2 cm³/mol. The maximum atomic E-state index is 11.9. The van der Waals surface area contributed by atoms with Crippen molar-refractivity contribution < 1.29 is 13.2 Å². The molecular formula is C12H14O3S. The fraction of sp³-hybridized carbons (Fsp3) is 0.417. The number of hydrogen-bond acceptors (Lipinski definition) is 3. The van der Waals surface area contributed by atoms with E-state index in [2.05, 4.69) is 0 Å². The standard InChI is InChI=1S/C12H14O3S/c1-8(13)5-10-3-4-12-11(7-10)6-9(2)16(12,14)15/h3-4,7,9H,5-6H2,1-2H3. The molecule has 0 fully saturated rings. The van der Waals surface area contributed by atoms with Crippen molar-refractivity contribution in [1.82, 2.24) is 0 Å². The molecule has 1 aromatic carbocycles. The fourth-order valence-corrected chi connectivity index (χ4v) is 3.70. The summed E-state index contributed by atoms with van der Waals surface area (Å²) in [6.07, 6.45) is 0.936. The Morgan fingerprint density at radius 2 is 2.12 bits per heavy atom. The zero-order chi connectivity index (χ0) is 11.9. The lowest BCUT2D eigenvalue weighted by atomic mass is 10.0. The first-order valence-electron chi connectivity index (χ1n) is 5.26. The van der Waals surface area contributed by atoms with Crippen LogP contribution in [0.2, 0.25) is 0 Å². The van der Waals surface area contributed by atoms with E-state index in [1.807, 2.05) is 6.07 Å². The van der Waals surface area contributed by atoms with Gasteiger partial charge in [-0.15, -0.1) is 0 Å². The number of sulfone groups is 1. The Hall–Kier alpha value is -1.16. The lowest BCUT2D eigenvalue weighted by Gasteiger charge is -2.02. The molecule has 1 aliphatic heterocycles. The molecule has 0 saturated carbocycles. The van der Waals surface area contributed by atoms with E-state index in [9.17, 15) is 13.2 Å². The predicted octanol–water partition coefficient (Wildman–Crippen LogP) is 1.54. The molecule has 1 aliphatic rings. The number of carbonyl (C=O) groups excluding carboxylic acids is 1. The van der Waals surface area contributed by atoms with Crippen LogP contribution in [-0.2, 0) is 27.5 Å². The smallest absolute Gasteiger partial charge is 0.181 e. The highest BCUT2D eigenvalue weighted by Crippen LogP contribution is 2.31. The third-order valence-corrected chi connectivity index (χ3v) is 5.16. The van der Waals surface area contributed by atoms with Gasteiger partial charge in [-0.3, -0.25) is 4.79 Å². The van der Waals surface area contributed by atoms with Crippen molar-refractivity contribution in [1.29, 1.82) is 0 Å². The molecule has 0 N–H and O–H groups in total. The van der Waals surface area contributed by atoms with E-state index in [1.165, 1.54) is 6.92 Å². The van der Waals surface area contributed by atoms with Gasteiger partial charge in [-0.2, -0.15) is 0 Å². The monoisotopic (exact) mass is 238 g/mol. The van der Waals surface area contributed by atoms with Crippen molar-refractivity contribution in [3.8, 4) is 0 Å². The van der Waals surface area contributed by atoms with E-state index >= 15 is 0 Å². The van der Waals surface area contributed by atoms with Crippen LogP contribution >= 0.6 is 0 Å². The molecule has 86 valence electrons. The van der Waals surface area contributed by atoms with Gasteiger partial charge in [0.15, 0.2) is 9.84 Å². The van der Waals surface area contributed by atoms with Crippen molar-refractivity contribution in [2.45, 2.75) is 36.8 Å². The summed E-state index contributed by atoms with van der Waals surface area (Å²) in [4.78, 5) is 11.4. The lowest BCUT2D eigenvalue weighted by Crippen LogP contribution is -2.11. The van der Waals surface area contributed by atoms with Crippen molar-refractivity contribution in [3.63, 3.8) is 0 Å². The first-order valence-corrected chi connectivity index (χ1v) is 6.81. The molecule has 0 aromatic heterocycles. The van der Waals surface area contributed by atoms with E-state index in [1.54, 1.807) is 19.1 Å². The van der Waals surface area contributed by atoms with Crippen LogP contribution in [0.4, 0.5) is 0 Å². The minimum Gasteiger partial charge on any atom is -0.300 e. The van der Waals surface area contributed by atoms with Crippen LogP contribution in [0.5, 0.6) is 0 Å². The molecule has 0 bridgehead atoms. The number of ketones is 1. The number of rotatable bonds is 2. The van der Waals surface area contributed by atoms with Crippen molar-refractivity contribution >= 4 is 15.6 Å². The average molecular weight is 238 g/mol. The van der Waals surface area contributed by atoms with Crippen molar-refractivity contribution in [2.24, 2.45) is 0 Å². The Morgan fingerprint density at radius 3 is 2.75 bits per heavy atom. The van der Waals surface area contributed by atoms with Gasteiger partial charge < -0.3 is 0 Å². The molecule has 1 atom stereocenters. The second-order valence-corrected chi connectivity index (χ2v) is 6.72. The van der Waals surface area contributed by atoms with Gasteiger partial charge >= 0.3 is 0 Å². The fourth-order valence-electron chi connectivity index (χ4n) is 2.10. The summed E-state index contributed by atoms with van der Waals surface area (Å²) >= 11 is 0. The van der Waals surface area contributed by atoms with Crippen LogP contribution in [0.1, 0.15) is 25.0 Å². The maximum Gasteiger partial charge on any atom is 0.181 e. The summed E-state index contributed by atoms with van der Waals surface area (Å²) in [5, 5.41) is -0.338. The van der Waals surface area contributed by atoms with Crippen LogP contribution in [-0.4, -0.2) is 19.5 Å². The molecule has 3 nitrogen and oxygen atoms in total. The normalized spacial score (nSPS) is 21.8. The van der Waals surface area contributed by atoms with Gasteiger partial charge in [0, 0.05) is 6.42 Å². The molecule has 2 rings (SSSR count). The zero-order valence-corrected chi connectivity index (χ0v) is 10.2. The summed E-state index contributed by atoms with van der Waals surface area (Å²) in [5.74, 6) is 0.0915. The Bertz CT molecular complexity index is 543. The van der Waals surface area contributed by atoms with E-state index in [0.29, 0.717) is 17.7 Å². The highest BCUT2D eigenvalue weighted by Gasteiger charge is 2.33. The van der Waals surface area contributed by atoms with Gasteiger partial charge in [0.1, 0.15) is 5.78 Å². The maximum absolute atomic E-state index is 11.9. The Morgan fingerprint density at radius 1 is 1.44 bits per heavy atom. The minimum absolute atomic E-state index is 0.0915. The lowest BCUT2D eigenvalue weighted by molar-refractivity contribution is -0.116. The molecule has 0 radical (unpaired) electrons. The van der Waals surface area contributed by atoms with Gasteiger partial charge in [-0.25, -0.2) is 8.42 Å². The topological polar surface area (TPSA) is 51.2 Å². The van der Waals surface area contributed by atoms with Crippen LogP contribution in [0.15, 0.2) is 23.1 Å². The van der Waals surface area contributed by atoms with Gasteiger partial charge in [-0.1, -0.05) is 12.1 Å². The second-order valence-electron chi connectivity index (χ2n) is 4.38. The quantitative estimate of drug-likeness (QED) is 0.785. The Kier molecular flexibility index (Phi) is 2.62. The molecular weight excluding hydrogens is 224 g/mol. The van der Waals surface area contributed by atoms with E-state index < -0.39 is 9.84 Å². The first kappa shape index (κ1) is 11.3. The summed E-state index contributed by atoms with van der Waals surface area (Å²) in [6, 6.07) is 5.21. The van der Waals surface area contributed by atoms with Gasteiger partial charge in [0.2, 0.25) is 0 Å². The highest BCUT2D eigenvalue weighted by molar-refractivity contribution is 7.92. The van der Waals surface area contributed by atoms with Gasteiger partial charge in [0.25, 0.3) is 0 Å². The minimum atomic E-state index is -3.11. The molecule has 4 heteroatoms. The van der Waals surface area contributed by atoms with Crippen LogP contribution < -0.4 is 0 Å². The Balaban J connectivity index is 2.45. The third kappa shape index (κ3) is 1.78. The van der Waals surface area contributed by atoms with Crippen molar-refractivity contribution in [2.75, 3.05) is 0 Å². The first-order chi connectivity index (χ1) is 7.41. The summed E-state index contributed by atoms with van der Waals surface area (Å²) in [5.41, 5.74) is 1.75. The molecule has 0 spiro atoms. The number of carbonyl (C=O) groups is 1. The second kappa shape index (κ2) is 3.70. The van der Waals surface area contributed by atoms with Crippen LogP contribution in [0, 0.1) is 0 Å². The number of Topliss-reactive ketones (excluding diaryl/α,β-unsaturated/α-hetero) is 1. The van der Waals surface area contributed by atoms with Crippen LogP contribution in [0.3, 0.4) is 0 Å². The highest BCUT2D eigenvalue weighted by atomic mass is 32.2. The average Bonchev–Trinajstić information content (AvgIpc) is 2.36. The molecule has 1 unspecified atom stereocenters. The van der Waals surface area contributed by atoms with E-state index in [0.717, 1.165) is 11.1 Å². The summed E-state index contributed by atoms with van der Waals surface area (Å²) in [7, 11) is -3.11. The molecule has 0 amide bonds. The molecule has 0 saturated heterocycles. The van der Waals surface area contributed by atoms with E-state index in [-0.39, 0.29) is 11.0 Å². The van der Waals surface area contributed by atoms with Crippen molar-refractivity contribution in [3.05, 3.63) is 29.3 Å². The summed E-state index contributed by atoms with van der Waals surface area (Å²) < 4.78 is 23.7. The van der Waals surface area contributed by atoms with Gasteiger partial charge in [-0.05, 0) is 37.5 Å².